The van der Waals surface area contributed by atoms with Crippen molar-refractivity contribution in [2.75, 3.05) is 26.0 Å². The maximum atomic E-state index is 6.25. The molecule has 1 atom stereocenters. The van der Waals surface area contributed by atoms with E-state index < -0.39 is 0 Å². The van der Waals surface area contributed by atoms with Gasteiger partial charge < -0.3 is 4.90 Å². The van der Waals surface area contributed by atoms with E-state index in [1.807, 2.05) is 37.4 Å². The molecule has 0 spiro atoms. The molecule has 0 radical (unpaired) electrons. The van der Waals surface area contributed by atoms with Gasteiger partial charge in [-0.2, -0.15) is 0 Å². The van der Waals surface area contributed by atoms with Crippen LogP contribution in [-0.2, 0) is 0 Å². The molecule has 1 aromatic carbocycles. The number of benzene rings is 1. The van der Waals surface area contributed by atoms with Gasteiger partial charge in [-0.3, -0.25) is 0 Å². The molecule has 1 aromatic rings. The molecule has 3 heteroatoms. The average molecular weight is 232 g/mol. The van der Waals surface area contributed by atoms with Crippen LogP contribution in [0.3, 0.4) is 0 Å². The Morgan fingerprint density at radius 3 is 2.50 bits per heavy atom. The standard InChI is InChI=1S/C11H15Cl2N/c1-14(8-7-12)9-11(13)10-5-3-2-4-6-10/h2-6,11H,7-9H2,1H3/t11-/m0/s1. The normalized spacial score (nSPS) is 13.1. The second-order valence-electron chi connectivity index (χ2n) is 3.33. The van der Waals surface area contributed by atoms with Gasteiger partial charge in [0, 0.05) is 19.0 Å². The van der Waals surface area contributed by atoms with Gasteiger partial charge in [0.2, 0.25) is 0 Å². The Kier molecular flexibility index (Phi) is 5.31. The van der Waals surface area contributed by atoms with Crippen LogP contribution in [0, 0.1) is 0 Å². The topological polar surface area (TPSA) is 3.24 Å². The summed E-state index contributed by atoms with van der Waals surface area (Å²) in [6.45, 7) is 1.70. The molecule has 1 rings (SSSR count). The Morgan fingerprint density at radius 2 is 1.93 bits per heavy atom. The van der Waals surface area contributed by atoms with Gasteiger partial charge in [-0.05, 0) is 12.6 Å². The first-order chi connectivity index (χ1) is 6.74. The van der Waals surface area contributed by atoms with Gasteiger partial charge >= 0.3 is 0 Å². The van der Waals surface area contributed by atoms with Crippen LogP contribution >= 0.6 is 23.2 Å². The zero-order chi connectivity index (χ0) is 10.4. The van der Waals surface area contributed by atoms with E-state index in [9.17, 15) is 0 Å². The summed E-state index contributed by atoms with van der Waals surface area (Å²) in [4.78, 5) is 2.14. The lowest BCUT2D eigenvalue weighted by atomic mass is 10.1. The molecular weight excluding hydrogens is 217 g/mol. The molecule has 0 aliphatic carbocycles. The molecule has 0 unspecified atom stereocenters. The minimum absolute atomic E-state index is 0.0458. The Hall–Kier alpha value is -0.240. The molecular formula is C11H15Cl2N. The number of rotatable bonds is 5. The summed E-state index contributed by atoms with van der Waals surface area (Å²) in [6, 6.07) is 10.1. The summed E-state index contributed by atoms with van der Waals surface area (Å²) in [6.07, 6.45) is 0. The maximum absolute atomic E-state index is 6.25. The fourth-order valence-corrected chi connectivity index (χ4v) is 1.95. The van der Waals surface area contributed by atoms with Crippen LogP contribution in [-0.4, -0.2) is 30.9 Å². The number of hydrogen-bond donors (Lipinski definition) is 0. The third-order valence-electron chi connectivity index (χ3n) is 2.10. The van der Waals surface area contributed by atoms with Crippen molar-refractivity contribution in [3.8, 4) is 0 Å². The molecule has 78 valence electrons. The fraction of sp³-hybridized carbons (Fsp3) is 0.455. The van der Waals surface area contributed by atoms with E-state index in [1.165, 1.54) is 0 Å². The van der Waals surface area contributed by atoms with Crippen LogP contribution in [0.5, 0.6) is 0 Å². The van der Waals surface area contributed by atoms with Gasteiger partial charge in [0.25, 0.3) is 0 Å². The fourth-order valence-electron chi connectivity index (χ4n) is 1.28. The molecule has 0 amide bonds. The van der Waals surface area contributed by atoms with Crippen LogP contribution in [0.25, 0.3) is 0 Å². The molecule has 0 saturated heterocycles. The quantitative estimate of drug-likeness (QED) is 0.705. The number of nitrogens with zero attached hydrogens (tertiary/aromatic N) is 1. The number of halogens is 2. The maximum Gasteiger partial charge on any atom is 0.0712 e. The van der Waals surface area contributed by atoms with Crippen LogP contribution < -0.4 is 0 Å². The van der Waals surface area contributed by atoms with Crippen molar-refractivity contribution in [1.29, 1.82) is 0 Å². The zero-order valence-corrected chi connectivity index (χ0v) is 9.80. The third kappa shape index (κ3) is 3.87. The van der Waals surface area contributed by atoms with Crippen LogP contribution in [0.2, 0.25) is 0 Å². The molecule has 0 bridgehead atoms. The van der Waals surface area contributed by atoms with Crippen molar-refractivity contribution in [3.63, 3.8) is 0 Å². The summed E-state index contributed by atoms with van der Waals surface area (Å²) >= 11 is 11.9. The van der Waals surface area contributed by atoms with Gasteiger partial charge in [-0.15, -0.1) is 23.2 Å². The predicted octanol–water partition coefficient (Wildman–Crippen LogP) is 3.14. The number of alkyl halides is 2. The minimum Gasteiger partial charge on any atom is -0.303 e. The highest BCUT2D eigenvalue weighted by molar-refractivity contribution is 6.21. The summed E-state index contributed by atoms with van der Waals surface area (Å²) in [5.41, 5.74) is 1.16. The van der Waals surface area contributed by atoms with Gasteiger partial charge in [0.05, 0.1) is 5.38 Å². The van der Waals surface area contributed by atoms with Crippen molar-refractivity contribution < 1.29 is 0 Å². The first kappa shape index (κ1) is 11.8. The molecule has 14 heavy (non-hydrogen) atoms. The van der Waals surface area contributed by atoms with Crippen molar-refractivity contribution in [2.24, 2.45) is 0 Å². The summed E-state index contributed by atoms with van der Waals surface area (Å²) in [5.74, 6) is 0.648. The van der Waals surface area contributed by atoms with Gasteiger partial charge in [-0.1, -0.05) is 30.3 Å². The number of likely N-dealkylation sites (N-methyl/N-ethyl adjacent to an activating group) is 1. The summed E-state index contributed by atoms with van der Waals surface area (Å²) in [5, 5.41) is 0.0458. The van der Waals surface area contributed by atoms with Crippen LogP contribution in [0.1, 0.15) is 10.9 Å². The first-order valence-electron chi connectivity index (χ1n) is 4.67. The predicted molar refractivity (Wildman–Crippen MR) is 63.3 cm³/mol. The van der Waals surface area contributed by atoms with E-state index in [0.717, 1.165) is 18.7 Å². The lowest BCUT2D eigenvalue weighted by Crippen LogP contribution is -2.24. The number of hydrogen-bond acceptors (Lipinski definition) is 1. The highest BCUT2D eigenvalue weighted by atomic mass is 35.5. The first-order valence-corrected chi connectivity index (χ1v) is 5.64. The van der Waals surface area contributed by atoms with E-state index >= 15 is 0 Å². The molecule has 0 aliphatic heterocycles. The Morgan fingerprint density at radius 1 is 1.29 bits per heavy atom. The SMILES string of the molecule is CN(CCCl)C[C@H](Cl)c1ccccc1. The summed E-state index contributed by atoms with van der Waals surface area (Å²) in [7, 11) is 2.03. The largest absolute Gasteiger partial charge is 0.303 e. The third-order valence-corrected chi connectivity index (χ3v) is 2.66. The second-order valence-corrected chi connectivity index (χ2v) is 4.23. The van der Waals surface area contributed by atoms with Crippen molar-refractivity contribution in [2.45, 2.75) is 5.38 Å². The highest BCUT2D eigenvalue weighted by Crippen LogP contribution is 2.20. The van der Waals surface area contributed by atoms with E-state index in [-0.39, 0.29) is 5.38 Å². The van der Waals surface area contributed by atoms with Crippen molar-refractivity contribution >= 4 is 23.2 Å². The molecule has 0 aromatic heterocycles. The molecule has 0 aliphatic rings. The zero-order valence-electron chi connectivity index (χ0n) is 8.29. The van der Waals surface area contributed by atoms with Crippen molar-refractivity contribution in [3.05, 3.63) is 35.9 Å². The summed E-state index contributed by atoms with van der Waals surface area (Å²) < 4.78 is 0. The van der Waals surface area contributed by atoms with Gasteiger partial charge in [0.15, 0.2) is 0 Å². The lowest BCUT2D eigenvalue weighted by molar-refractivity contribution is 0.355. The Bertz CT molecular complexity index is 251. The van der Waals surface area contributed by atoms with E-state index in [2.05, 4.69) is 4.90 Å². The van der Waals surface area contributed by atoms with Gasteiger partial charge in [0.1, 0.15) is 0 Å². The van der Waals surface area contributed by atoms with Crippen molar-refractivity contribution in [1.82, 2.24) is 4.90 Å². The van der Waals surface area contributed by atoms with E-state index in [4.69, 9.17) is 23.2 Å². The second kappa shape index (κ2) is 6.28. The molecule has 1 nitrogen and oxygen atoms in total. The lowest BCUT2D eigenvalue weighted by Gasteiger charge is -2.18. The highest BCUT2D eigenvalue weighted by Gasteiger charge is 2.09. The average Bonchev–Trinajstić information content (AvgIpc) is 2.19. The van der Waals surface area contributed by atoms with Gasteiger partial charge in [-0.25, -0.2) is 0 Å². The molecule has 0 N–H and O–H groups in total. The van der Waals surface area contributed by atoms with Crippen LogP contribution in [0.15, 0.2) is 30.3 Å². The minimum atomic E-state index is 0.0458. The molecule has 0 heterocycles. The van der Waals surface area contributed by atoms with Crippen LogP contribution in [0.4, 0.5) is 0 Å². The Balaban J connectivity index is 2.46. The smallest absolute Gasteiger partial charge is 0.0712 e. The molecule has 0 fully saturated rings. The van der Waals surface area contributed by atoms with E-state index in [1.54, 1.807) is 0 Å². The molecule has 0 saturated carbocycles. The monoisotopic (exact) mass is 231 g/mol. The Labute approximate surface area is 95.6 Å². The van der Waals surface area contributed by atoms with E-state index in [0.29, 0.717) is 5.88 Å².